The second-order valence-electron chi connectivity index (χ2n) is 10.8. The quantitative estimate of drug-likeness (QED) is 0.466. The van der Waals surface area contributed by atoms with Crippen LogP contribution in [0.5, 0.6) is 0 Å². The van der Waals surface area contributed by atoms with Crippen LogP contribution in [-0.4, -0.2) is 71.6 Å². The highest BCUT2D eigenvalue weighted by Crippen LogP contribution is 2.29. The minimum Gasteiger partial charge on any atom is -0.350 e. The van der Waals surface area contributed by atoms with E-state index in [4.69, 9.17) is 0 Å². The molecule has 0 radical (unpaired) electrons. The fraction of sp³-hybridized carbons (Fsp3) is 0.481. The third kappa shape index (κ3) is 5.58. The molecule has 1 aromatic heterocycles. The molecule has 2 aliphatic heterocycles. The summed E-state index contributed by atoms with van der Waals surface area (Å²) >= 11 is 0. The normalized spacial score (nSPS) is 23.7. The first-order valence-electron chi connectivity index (χ1n) is 13.0. The Hall–Kier alpha value is -3.31. The van der Waals surface area contributed by atoms with Crippen LogP contribution in [0.15, 0.2) is 47.4 Å². The molecule has 3 heterocycles. The van der Waals surface area contributed by atoms with E-state index in [1.807, 2.05) is 37.4 Å². The van der Waals surface area contributed by atoms with Crippen molar-refractivity contribution in [2.24, 2.45) is 18.9 Å². The third-order valence-electron chi connectivity index (χ3n) is 7.64. The average Bonchev–Trinajstić information content (AvgIpc) is 3.60. The number of benzene rings is 2. The van der Waals surface area contributed by atoms with E-state index in [2.05, 4.69) is 27.9 Å². The number of sulfone groups is 1. The summed E-state index contributed by atoms with van der Waals surface area (Å²) in [5.74, 6) is 0.316. The van der Waals surface area contributed by atoms with Crippen LogP contribution in [0, 0.1) is 11.8 Å². The van der Waals surface area contributed by atoms with Crippen molar-refractivity contribution in [1.29, 1.82) is 0 Å². The van der Waals surface area contributed by atoms with Gasteiger partial charge in [-0.2, -0.15) is 0 Å². The maximum absolute atomic E-state index is 13.5. The molecular weight excluding hydrogens is 504 g/mol. The van der Waals surface area contributed by atoms with Gasteiger partial charge in [0, 0.05) is 26.4 Å². The average molecular weight is 539 g/mol. The standard InChI is InChI=1S/C27H34N6O4S/c1-17-10-23(28-14-17)27(35)33-16-20(11-18-4-7-21(8-5-18)38(3,36)37)13-25(33)26(34)29-15-19-6-9-24-22(12-19)30-31-32(24)2/h4-9,12,17,20,23,25,28H,10-11,13-16H2,1-3H3,(H,29,34)/t17-,20-,23-,25+/m1/s1. The number of carbonyl (C=O) groups excluding carboxylic acids is 2. The highest BCUT2D eigenvalue weighted by Gasteiger charge is 2.42. The number of likely N-dealkylation sites (tertiary alicyclic amines) is 1. The second kappa shape index (κ2) is 10.5. The van der Waals surface area contributed by atoms with Gasteiger partial charge in [-0.15, -0.1) is 5.10 Å². The van der Waals surface area contributed by atoms with Crippen molar-refractivity contribution in [3.63, 3.8) is 0 Å². The van der Waals surface area contributed by atoms with Crippen molar-refractivity contribution >= 4 is 32.7 Å². The summed E-state index contributed by atoms with van der Waals surface area (Å²) in [5.41, 5.74) is 3.58. The summed E-state index contributed by atoms with van der Waals surface area (Å²) in [5, 5.41) is 14.5. The van der Waals surface area contributed by atoms with E-state index in [-0.39, 0.29) is 28.7 Å². The van der Waals surface area contributed by atoms with Crippen molar-refractivity contribution in [3.8, 4) is 0 Å². The molecule has 4 atom stereocenters. The van der Waals surface area contributed by atoms with Crippen LogP contribution < -0.4 is 10.6 Å². The number of amides is 2. The number of nitrogens with one attached hydrogen (secondary N) is 2. The number of rotatable bonds is 7. The molecule has 0 saturated carbocycles. The predicted octanol–water partition coefficient (Wildman–Crippen LogP) is 1.45. The van der Waals surface area contributed by atoms with Crippen LogP contribution in [-0.2, 0) is 39.4 Å². The highest BCUT2D eigenvalue weighted by atomic mass is 32.2. The highest BCUT2D eigenvalue weighted by molar-refractivity contribution is 7.90. The number of fused-ring (bicyclic) bond motifs is 1. The minimum absolute atomic E-state index is 0.0228. The zero-order valence-electron chi connectivity index (χ0n) is 21.9. The Bertz CT molecular complexity index is 1450. The van der Waals surface area contributed by atoms with Crippen LogP contribution >= 0.6 is 0 Å². The predicted molar refractivity (Wildman–Crippen MR) is 143 cm³/mol. The summed E-state index contributed by atoms with van der Waals surface area (Å²) < 4.78 is 25.3. The summed E-state index contributed by atoms with van der Waals surface area (Å²) in [7, 11) is -1.43. The topological polar surface area (TPSA) is 126 Å². The van der Waals surface area contributed by atoms with Gasteiger partial charge in [0.05, 0.1) is 16.5 Å². The Morgan fingerprint density at radius 3 is 2.53 bits per heavy atom. The molecule has 2 aromatic carbocycles. The molecule has 0 aliphatic carbocycles. The first kappa shape index (κ1) is 26.3. The van der Waals surface area contributed by atoms with Crippen molar-refractivity contribution in [1.82, 2.24) is 30.5 Å². The van der Waals surface area contributed by atoms with Crippen LogP contribution in [0.3, 0.4) is 0 Å². The van der Waals surface area contributed by atoms with E-state index in [1.54, 1.807) is 21.7 Å². The van der Waals surface area contributed by atoms with Gasteiger partial charge >= 0.3 is 0 Å². The Labute approximate surface area is 222 Å². The number of aromatic nitrogens is 3. The van der Waals surface area contributed by atoms with Crippen LogP contribution in [0.25, 0.3) is 11.0 Å². The van der Waals surface area contributed by atoms with Gasteiger partial charge in [-0.3, -0.25) is 9.59 Å². The molecule has 2 amide bonds. The maximum Gasteiger partial charge on any atom is 0.243 e. The molecule has 0 unspecified atom stereocenters. The van der Waals surface area contributed by atoms with Gasteiger partial charge in [-0.1, -0.05) is 30.3 Å². The van der Waals surface area contributed by atoms with E-state index in [0.29, 0.717) is 31.8 Å². The van der Waals surface area contributed by atoms with Gasteiger partial charge in [0.15, 0.2) is 9.84 Å². The molecule has 11 heteroatoms. The fourth-order valence-corrected chi connectivity index (χ4v) is 6.20. The van der Waals surface area contributed by atoms with Gasteiger partial charge in [-0.05, 0) is 73.0 Å². The smallest absolute Gasteiger partial charge is 0.243 e. The lowest BCUT2D eigenvalue weighted by atomic mass is 9.96. The molecule has 202 valence electrons. The molecule has 2 aliphatic rings. The van der Waals surface area contributed by atoms with Crippen molar-refractivity contribution in [2.45, 2.75) is 49.7 Å². The maximum atomic E-state index is 13.5. The van der Waals surface area contributed by atoms with E-state index in [1.165, 1.54) is 6.26 Å². The number of nitrogens with zero attached hydrogens (tertiary/aromatic N) is 4. The van der Waals surface area contributed by atoms with E-state index in [9.17, 15) is 18.0 Å². The fourth-order valence-electron chi connectivity index (χ4n) is 5.57. The molecule has 0 bridgehead atoms. The lowest BCUT2D eigenvalue weighted by Gasteiger charge is -2.27. The second-order valence-corrected chi connectivity index (χ2v) is 12.8. The molecule has 38 heavy (non-hydrogen) atoms. The SMILES string of the molecule is C[C@H]1CN[C@@H](C(=O)N2C[C@H](Cc3ccc(S(C)(=O)=O)cc3)C[C@H]2C(=O)NCc2ccc3c(c2)nnn3C)C1. The minimum atomic E-state index is -3.26. The Balaban J connectivity index is 1.29. The molecular formula is C27H34N6O4S. The number of hydrogen-bond donors (Lipinski definition) is 2. The van der Waals surface area contributed by atoms with Crippen molar-refractivity contribution < 1.29 is 18.0 Å². The van der Waals surface area contributed by atoms with Crippen LogP contribution in [0.4, 0.5) is 0 Å². The molecule has 10 nitrogen and oxygen atoms in total. The lowest BCUT2D eigenvalue weighted by molar-refractivity contribution is -0.139. The zero-order valence-corrected chi connectivity index (χ0v) is 22.7. The van der Waals surface area contributed by atoms with E-state index >= 15 is 0 Å². The number of hydrogen-bond acceptors (Lipinski definition) is 7. The molecule has 3 aromatic rings. The number of carbonyl (C=O) groups is 2. The summed E-state index contributed by atoms with van der Waals surface area (Å²) in [6, 6.07) is 11.8. The van der Waals surface area contributed by atoms with Gasteiger partial charge < -0.3 is 15.5 Å². The Kier molecular flexibility index (Phi) is 7.23. The largest absolute Gasteiger partial charge is 0.350 e. The zero-order chi connectivity index (χ0) is 27.0. The molecule has 5 rings (SSSR count). The Morgan fingerprint density at radius 2 is 1.84 bits per heavy atom. The van der Waals surface area contributed by atoms with Crippen molar-refractivity contribution in [2.75, 3.05) is 19.3 Å². The lowest BCUT2D eigenvalue weighted by Crippen LogP contribution is -2.51. The summed E-state index contributed by atoms with van der Waals surface area (Å²) in [6.45, 7) is 3.73. The molecule has 2 saturated heterocycles. The first-order valence-corrected chi connectivity index (χ1v) is 14.9. The van der Waals surface area contributed by atoms with Crippen LogP contribution in [0.2, 0.25) is 0 Å². The third-order valence-corrected chi connectivity index (χ3v) is 8.77. The van der Waals surface area contributed by atoms with E-state index < -0.39 is 15.9 Å². The van der Waals surface area contributed by atoms with E-state index in [0.717, 1.165) is 35.1 Å². The first-order chi connectivity index (χ1) is 18.1. The molecule has 0 spiro atoms. The Morgan fingerprint density at radius 1 is 1.11 bits per heavy atom. The van der Waals surface area contributed by atoms with Gasteiger partial charge in [-0.25, -0.2) is 13.1 Å². The molecule has 2 fully saturated rings. The van der Waals surface area contributed by atoms with Crippen molar-refractivity contribution in [3.05, 3.63) is 53.6 Å². The van der Waals surface area contributed by atoms with Crippen LogP contribution in [0.1, 0.15) is 30.9 Å². The monoisotopic (exact) mass is 538 g/mol. The molecule has 2 N–H and O–H groups in total. The number of aryl methyl sites for hydroxylation is 1. The van der Waals surface area contributed by atoms with Gasteiger partial charge in [0.25, 0.3) is 0 Å². The van der Waals surface area contributed by atoms with Gasteiger partial charge in [0.2, 0.25) is 11.8 Å². The summed E-state index contributed by atoms with van der Waals surface area (Å²) in [4.78, 5) is 28.9. The van der Waals surface area contributed by atoms with Gasteiger partial charge in [0.1, 0.15) is 11.6 Å². The summed E-state index contributed by atoms with van der Waals surface area (Å²) in [6.07, 6.45) is 3.17.